The summed E-state index contributed by atoms with van der Waals surface area (Å²) in [6.07, 6.45) is 0. The van der Waals surface area contributed by atoms with E-state index in [4.69, 9.17) is 16.5 Å². The Morgan fingerprint density at radius 3 is 0.880 bits per heavy atom. The van der Waals surface area contributed by atoms with E-state index >= 15 is 0 Å². The Hall–Kier alpha value is 1.14. The van der Waals surface area contributed by atoms with E-state index in [1.807, 2.05) is 0 Å². The quantitative estimate of drug-likeness (QED) is 0.405. The van der Waals surface area contributed by atoms with Crippen molar-refractivity contribution in [1.82, 2.24) is 0 Å². The molecule has 0 aromatic heterocycles. The van der Waals surface area contributed by atoms with Crippen LogP contribution in [0.15, 0.2) is 0 Å². The van der Waals surface area contributed by atoms with Gasteiger partial charge in [0.1, 0.15) is 0 Å². The standard InChI is InChI=1S/C8H24O2Si3.C7H22O2Si3.H2/c1-11(2,3)9-13(7,8)10-12(4,5)6;1-10(8-11(2,3)4)9-12(5,6)7;/h1-8H3;10H,1-7H3;1H. The summed E-state index contributed by atoms with van der Waals surface area (Å²) >= 11 is 0. The molecule has 0 aromatic carbocycles. The van der Waals surface area contributed by atoms with Crippen LogP contribution < -0.4 is 0 Å². The number of hydrogen-bond acceptors (Lipinski definition) is 4. The molecule has 25 heavy (non-hydrogen) atoms. The van der Waals surface area contributed by atoms with Gasteiger partial charge in [0.15, 0.2) is 33.3 Å². The molecule has 4 nitrogen and oxygen atoms in total. The Balaban J connectivity index is -0.000000393. The Morgan fingerprint density at radius 2 is 0.720 bits per heavy atom. The summed E-state index contributed by atoms with van der Waals surface area (Å²) in [5.41, 5.74) is 0. The van der Waals surface area contributed by atoms with Crippen molar-refractivity contribution in [1.29, 1.82) is 0 Å². The van der Waals surface area contributed by atoms with E-state index in [1.54, 1.807) is 0 Å². The van der Waals surface area contributed by atoms with Crippen LogP contribution in [0.3, 0.4) is 0 Å². The first kappa shape index (κ1) is 28.4. The van der Waals surface area contributed by atoms with E-state index in [0.717, 1.165) is 0 Å². The smallest absolute Gasteiger partial charge is 0.311 e. The molecule has 156 valence electrons. The van der Waals surface area contributed by atoms with Crippen LogP contribution in [-0.4, -0.2) is 51.1 Å². The maximum Gasteiger partial charge on any atom is 0.311 e. The fraction of sp³-hybridized carbons (Fsp3) is 1.00. The fourth-order valence-corrected chi connectivity index (χ4v) is 23.4. The summed E-state index contributed by atoms with van der Waals surface area (Å²) in [5.74, 6) is 0. The monoisotopic (exact) mass is 460 g/mol. The lowest BCUT2D eigenvalue weighted by atomic mass is 11.8. The Kier molecular flexibility index (Phi) is 11.4. The molecule has 0 unspecified atom stereocenters. The summed E-state index contributed by atoms with van der Waals surface area (Å²) in [5, 5.41) is 0. The zero-order valence-corrected chi connectivity index (χ0v) is 25.9. The van der Waals surface area contributed by atoms with Crippen LogP contribution in [0.2, 0.25) is 98.2 Å². The van der Waals surface area contributed by atoms with Gasteiger partial charge in [0.2, 0.25) is 0 Å². The minimum atomic E-state index is -1.85. The van der Waals surface area contributed by atoms with Crippen LogP contribution in [0.25, 0.3) is 0 Å². The Morgan fingerprint density at radius 1 is 0.480 bits per heavy atom. The molecule has 0 spiro atoms. The largest absolute Gasteiger partial charge is 0.439 e. The SMILES string of the molecule is C[SiH](O[Si](C)(C)C)O[Si](C)(C)C.C[Si](C)(C)O[Si](C)(C)O[Si](C)(C)C.[HH]. The topological polar surface area (TPSA) is 36.9 Å². The lowest BCUT2D eigenvalue weighted by Gasteiger charge is -2.35. The number of hydrogen-bond donors (Lipinski definition) is 0. The van der Waals surface area contributed by atoms with Gasteiger partial charge in [-0.1, -0.05) is 0 Å². The van der Waals surface area contributed by atoms with Crippen molar-refractivity contribution in [3.05, 3.63) is 0 Å². The van der Waals surface area contributed by atoms with Gasteiger partial charge in [-0.05, 0) is 98.2 Å². The normalized spacial score (nSPS) is 14.4. The van der Waals surface area contributed by atoms with Crippen LogP contribution in [0.1, 0.15) is 1.43 Å². The first-order valence-corrected chi connectivity index (χ1v) is 27.8. The van der Waals surface area contributed by atoms with Crippen molar-refractivity contribution in [3.63, 3.8) is 0 Å². The van der Waals surface area contributed by atoms with E-state index in [0.29, 0.717) is 0 Å². The molecule has 0 aliphatic heterocycles. The molecule has 0 aromatic rings. The summed E-state index contributed by atoms with van der Waals surface area (Å²) in [6, 6.07) is 0. The summed E-state index contributed by atoms with van der Waals surface area (Å²) in [6.45, 7) is 33.0. The highest BCUT2D eigenvalue weighted by molar-refractivity contribution is 6.87. The highest BCUT2D eigenvalue weighted by Gasteiger charge is 2.35. The van der Waals surface area contributed by atoms with E-state index < -0.39 is 51.1 Å². The maximum atomic E-state index is 6.09. The molecule has 0 rings (SSSR count). The van der Waals surface area contributed by atoms with Crippen LogP contribution >= 0.6 is 0 Å². The van der Waals surface area contributed by atoms with Crippen molar-refractivity contribution >= 4 is 51.1 Å². The van der Waals surface area contributed by atoms with E-state index in [2.05, 4.69) is 98.2 Å². The van der Waals surface area contributed by atoms with Crippen molar-refractivity contribution in [2.75, 3.05) is 0 Å². The third kappa shape index (κ3) is 25.1. The average Bonchev–Trinajstić information content (AvgIpc) is 1.99. The lowest BCUT2D eigenvalue weighted by Crippen LogP contribution is -2.50. The van der Waals surface area contributed by atoms with Gasteiger partial charge in [0.25, 0.3) is 9.28 Å². The first-order chi connectivity index (χ1) is 10.5. The second-order valence-corrected chi connectivity index (χ2v) is 35.2. The molecule has 0 amide bonds. The molecule has 0 N–H and O–H groups in total. The fourth-order valence-electron chi connectivity index (χ4n) is 2.52. The number of rotatable bonds is 8. The van der Waals surface area contributed by atoms with Crippen molar-refractivity contribution in [2.45, 2.75) is 98.2 Å². The molecular formula is C15H48O4Si6. The molecular weight excluding hydrogens is 413 g/mol. The van der Waals surface area contributed by atoms with Crippen molar-refractivity contribution in [3.8, 4) is 0 Å². The molecule has 0 saturated heterocycles. The molecule has 0 aliphatic rings. The second kappa shape index (κ2) is 10.1. The molecule has 0 radical (unpaired) electrons. The predicted molar refractivity (Wildman–Crippen MR) is 130 cm³/mol. The van der Waals surface area contributed by atoms with Gasteiger partial charge in [-0.2, -0.15) is 0 Å². The summed E-state index contributed by atoms with van der Waals surface area (Å²) in [7, 11) is -8.77. The third-order valence-electron chi connectivity index (χ3n) is 2.14. The van der Waals surface area contributed by atoms with E-state index in [1.165, 1.54) is 0 Å². The highest BCUT2D eigenvalue weighted by Crippen LogP contribution is 2.19. The van der Waals surface area contributed by atoms with Gasteiger partial charge in [0, 0.05) is 1.43 Å². The minimum Gasteiger partial charge on any atom is -0.439 e. The maximum absolute atomic E-state index is 6.09. The molecule has 10 heteroatoms. The first-order valence-electron chi connectivity index (χ1n) is 9.27. The van der Waals surface area contributed by atoms with Crippen LogP contribution in [0.5, 0.6) is 0 Å². The van der Waals surface area contributed by atoms with Gasteiger partial charge in [-0.15, -0.1) is 0 Å². The van der Waals surface area contributed by atoms with Gasteiger partial charge in [-0.3, -0.25) is 0 Å². The molecule has 0 aliphatic carbocycles. The van der Waals surface area contributed by atoms with Crippen LogP contribution in [0, 0.1) is 0 Å². The predicted octanol–water partition coefficient (Wildman–Crippen LogP) is 6.18. The van der Waals surface area contributed by atoms with Gasteiger partial charge >= 0.3 is 8.56 Å². The Bertz CT molecular complexity index is 350. The molecule has 0 atom stereocenters. The second-order valence-electron chi connectivity index (χ2n) is 10.9. The van der Waals surface area contributed by atoms with Crippen LogP contribution in [-0.2, 0) is 16.5 Å². The van der Waals surface area contributed by atoms with E-state index in [9.17, 15) is 0 Å². The van der Waals surface area contributed by atoms with Crippen LogP contribution in [0.4, 0.5) is 0 Å². The molecule has 0 bridgehead atoms. The molecule has 0 saturated carbocycles. The van der Waals surface area contributed by atoms with Gasteiger partial charge in [0.05, 0.1) is 0 Å². The summed E-state index contributed by atoms with van der Waals surface area (Å²) < 4.78 is 24.0. The molecule has 0 heterocycles. The van der Waals surface area contributed by atoms with Gasteiger partial charge in [-0.25, -0.2) is 0 Å². The zero-order chi connectivity index (χ0) is 20.9. The third-order valence-corrected chi connectivity index (χ3v) is 19.3. The van der Waals surface area contributed by atoms with Crippen molar-refractivity contribution in [2.24, 2.45) is 0 Å². The minimum absolute atomic E-state index is 0. The zero-order valence-electron chi connectivity index (χ0n) is 19.7. The summed E-state index contributed by atoms with van der Waals surface area (Å²) in [4.78, 5) is 0. The van der Waals surface area contributed by atoms with Crippen molar-refractivity contribution < 1.29 is 17.9 Å². The highest BCUT2D eigenvalue weighted by atomic mass is 28.5. The lowest BCUT2D eigenvalue weighted by molar-refractivity contribution is 0.395. The molecule has 0 fully saturated rings. The van der Waals surface area contributed by atoms with Gasteiger partial charge < -0.3 is 16.5 Å². The average molecular weight is 461 g/mol. The van der Waals surface area contributed by atoms with E-state index in [-0.39, 0.29) is 1.43 Å². The Labute approximate surface area is 167 Å².